The molecule has 2 rings (SSSR count). The van der Waals surface area contributed by atoms with Crippen molar-refractivity contribution >= 4 is 0 Å². The first-order valence-electron chi connectivity index (χ1n) is 7.93. The molecule has 4 nitrogen and oxygen atoms in total. The maximum absolute atomic E-state index is 10.4. The fraction of sp³-hybridized carbons (Fsp3) is 0.368. The molecule has 124 valence electrons. The van der Waals surface area contributed by atoms with E-state index in [0.717, 1.165) is 23.3 Å². The Labute approximate surface area is 137 Å². The first-order valence-corrected chi connectivity index (χ1v) is 7.93. The van der Waals surface area contributed by atoms with Crippen LogP contribution in [-0.4, -0.2) is 29.5 Å². The molecule has 0 saturated heterocycles. The molecule has 4 N–H and O–H groups in total. The number of benzene rings is 2. The summed E-state index contributed by atoms with van der Waals surface area (Å²) in [5.74, 6) is 0.874. The molecule has 3 atom stereocenters. The average molecular weight is 315 g/mol. The summed E-state index contributed by atoms with van der Waals surface area (Å²) in [5.41, 5.74) is 8.22. The zero-order valence-corrected chi connectivity index (χ0v) is 13.4. The van der Waals surface area contributed by atoms with Crippen LogP contribution in [0.3, 0.4) is 0 Å². The molecule has 0 fully saturated rings. The quantitative estimate of drug-likeness (QED) is 0.699. The molecule has 0 radical (unpaired) electrons. The molecule has 2 aromatic carbocycles. The number of hydrogen-bond acceptors (Lipinski definition) is 4. The SMILES string of the molecule is CC(Cc1ccc(OCCO)cc1)C(N)C(O)c1ccccc1. The molecule has 0 saturated carbocycles. The van der Waals surface area contributed by atoms with Gasteiger partial charge in [0.15, 0.2) is 0 Å². The minimum absolute atomic E-state index is 0.00497. The Morgan fingerprint density at radius 1 is 1.04 bits per heavy atom. The van der Waals surface area contributed by atoms with Gasteiger partial charge in [0, 0.05) is 6.04 Å². The lowest BCUT2D eigenvalue weighted by atomic mass is 9.88. The van der Waals surface area contributed by atoms with Gasteiger partial charge in [-0.15, -0.1) is 0 Å². The second-order valence-electron chi connectivity index (χ2n) is 5.83. The van der Waals surface area contributed by atoms with Gasteiger partial charge in [-0.05, 0) is 35.6 Å². The van der Waals surface area contributed by atoms with Crippen molar-refractivity contribution in [3.63, 3.8) is 0 Å². The Kier molecular flexibility index (Phi) is 6.59. The van der Waals surface area contributed by atoms with E-state index in [1.54, 1.807) is 0 Å². The van der Waals surface area contributed by atoms with Crippen LogP contribution < -0.4 is 10.5 Å². The number of nitrogens with two attached hydrogens (primary N) is 1. The van der Waals surface area contributed by atoms with Crippen molar-refractivity contribution in [2.75, 3.05) is 13.2 Å². The third-order valence-electron chi connectivity index (χ3n) is 4.00. The van der Waals surface area contributed by atoms with Crippen molar-refractivity contribution in [1.82, 2.24) is 0 Å². The summed E-state index contributed by atoms with van der Waals surface area (Å²) in [5, 5.41) is 19.2. The van der Waals surface area contributed by atoms with Crippen LogP contribution in [0.25, 0.3) is 0 Å². The Morgan fingerprint density at radius 2 is 1.70 bits per heavy atom. The average Bonchev–Trinajstić information content (AvgIpc) is 2.60. The van der Waals surface area contributed by atoms with Crippen molar-refractivity contribution in [2.24, 2.45) is 11.7 Å². The van der Waals surface area contributed by atoms with Crippen LogP contribution in [0.15, 0.2) is 54.6 Å². The lowest BCUT2D eigenvalue weighted by molar-refractivity contribution is 0.121. The highest BCUT2D eigenvalue weighted by Gasteiger charge is 2.22. The third kappa shape index (κ3) is 5.06. The predicted molar refractivity (Wildman–Crippen MR) is 91.3 cm³/mol. The van der Waals surface area contributed by atoms with Crippen molar-refractivity contribution in [2.45, 2.75) is 25.5 Å². The lowest BCUT2D eigenvalue weighted by Gasteiger charge is -2.25. The van der Waals surface area contributed by atoms with Crippen LogP contribution in [-0.2, 0) is 6.42 Å². The van der Waals surface area contributed by atoms with E-state index in [4.69, 9.17) is 15.6 Å². The van der Waals surface area contributed by atoms with E-state index >= 15 is 0 Å². The van der Waals surface area contributed by atoms with Crippen molar-refractivity contribution in [3.8, 4) is 5.75 Å². The molecule has 3 unspecified atom stereocenters. The van der Waals surface area contributed by atoms with Crippen molar-refractivity contribution < 1.29 is 14.9 Å². The van der Waals surface area contributed by atoms with E-state index in [2.05, 4.69) is 0 Å². The van der Waals surface area contributed by atoms with E-state index < -0.39 is 6.10 Å². The summed E-state index contributed by atoms with van der Waals surface area (Å²) in [6.45, 7) is 2.35. The number of ether oxygens (including phenoxy) is 1. The summed E-state index contributed by atoms with van der Waals surface area (Å²) in [4.78, 5) is 0. The van der Waals surface area contributed by atoms with Gasteiger partial charge < -0.3 is 20.7 Å². The van der Waals surface area contributed by atoms with Crippen molar-refractivity contribution in [1.29, 1.82) is 0 Å². The Balaban J connectivity index is 1.94. The maximum atomic E-state index is 10.4. The Hall–Kier alpha value is -1.88. The molecule has 0 spiro atoms. The van der Waals surface area contributed by atoms with Crippen LogP contribution in [0.2, 0.25) is 0 Å². The lowest BCUT2D eigenvalue weighted by Crippen LogP contribution is -2.36. The number of rotatable bonds is 8. The summed E-state index contributed by atoms with van der Waals surface area (Å²) >= 11 is 0. The van der Waals surface area contributed by atoms with Gasteiger partial charge in [-0.3, -0.25) is 0 Å². The second-order valence-corrected chi connectivity index (χ2v) is 5.83. The molecule has 2 aromatic rings. The standard InChI is InChI=1S/C19H25NO3/c1-14(18(20)19(22)16-5-3-2-4-6-16)13-15-7-9-17(10-8-15)23-12-11-21/h2-10,14,18-19,21-22H,11-13,20H2,1H3. The van der Waals surface area contributed by atoms with Crippen LogP contribution >= 0.6 is 0 Å². The van der Waals surface area contributed by atoms with Crippen LogP contribution in [0, 0.1) is 5.92 Å². The van der Waals surface area contributed by atoms with Crippen LogP contribution in [0.5, 0.6) is 5.75 Å². The van der Waals surface area contributed by atoms with Gasteiger partial charge in [0.05, 0.1) is 12.7 Å². The molecule has 0 aliphatic heterocycles. The number of hydrogen-bond donors (Lipinski definition) is 3. The highest BCUT2D eigenvalue weighted by Crippen LogP contribution is 2.23. The molecule has 0 aliphatic rings. The first-order chi connectivity index (χ1) is 11.1. The zero-order valence-electron chi connectivity index (χ0n) is 13.4. The Morgan fingerprint density at radius 3 is 2.30 bits per heavy atom. The molecule has 23 heavy (non-hydrogen) atoms. The predicted octanol–water partition coefficient (Wildman–Crippen LogP) is 2.30. The van der Waals surface area contributed by atoms with Crippen LogP contribution in [0.4, 0.5) is 0 Å². The molecule has 0 amide bonds. The highest BCUT2D eigenvalue weighted by atomic mass is 16.5. The zero-order chi connectivity index (χ0) is 16.7. The maximum Gasteiger partial charge on any atom is 0.119 e. The largest absolute Gasteiger partial charge is 0.491 e. The second kappa shape index (κ2) is 8.67. The number of aliphatic hydroxyl groups excluding tert-OH is 2. The topological polar surface area (TPSA) is 75.7 Å². The van der Waals surface area contributed by atoms with Crippen molar-refractivity contribution in [3.05, 3.63) is 65.7 Å². The normalized spacial score (nSPS) is 15.0. The summed E-state index contributed by atoms with van der Waals surface area (Å²) in [6.07, 6.45) is 0.115. The minimum atomic E-state index is -0.668. The summed E-state index contributed by atoms with van der Waals surface area (Å²) in [6, 6.07) is 16.9. The van der Waals surface area contributed by atoms with E-state index in [9.17, 15) is 5.11 Å². The highest BCUT2D eigenvalue weighted by molar-refractivity contribution is 5.28. The van der Waals surface area contributed by atoms with E-state index in [1.807, 2.05) is 61.5 Å². The fourth-order valence-corrected chi connectivity index (χ4v) is 2.58. The molecule has 0 bridgehead atoms. The van der Waals surface area contributed by atoms with Gasteiger partial charge >= 0.3 is 0 Å². The minimum Gasteiger partial charge on any atom is -0.491 e. The smallest absolute Gasteiger partial charge is 0.119 e. The van der Waals surface area contributed by atoms with E-state index in [0.29, 0.717) is 6.61 Å². The van der Waals surface area contributed by atoms with Gasteiger partial charge in [0.25, 0.3) is 0 Å². The third-order valence-corrected chi connectivity index (χ3v) is 4.00. The summed E-state index contributed by atoms with van der Waals surface area (Å²) in [7, 11) is 0. The molecular formula is C19H25NO3. The monoisotopic (exact) mass is 315 g/mol. The summed E-state index contributed by atoms with van der Waals surface area (Å²) < 4.78 is 5.34. The van der Waals surface area contributed by atoms with Gasteiger partial charge in [-0.25, -0.2) is 0 Å². The van der Waals surface area contributed by atoms with Gasteiger partial charge in [-0.1, -0.05) is 49.4 Å². The fourth-order valence-electron chi connectivity index (χ4n) is 2.58. The first kappa shape index (κ1) is 17.5. The molecule has 0 aromatic heterocycles. The van der Waals surface area contributed by atoms with Gasteiger partial charge in [-0.2, -0.15) is 0 Å². The van der Waals surface area contributed by atoms with E-state index in [-0.39, 0.29) is 18.6 Å². The van der Waals surface area contributed by atoms with Gasteiger partial charge in [0.2, 0.25) is 0 Å². The number of aliphatic hydroxyl groups is 2. The van der Waals surface area contributed by atoms with E-state index in [1.165, 1.54) is 0 Å². The Bertz CT molecular complexity index is 571. The molecule has 4 heteroatoms. The molecular weight excluding hydrogens is 290 g/mol. The molecule has 0 heterocycles. The molecule has 0 aliphatic carbocycles. The van der Waals surface area contributed by atoms with Gasteiger partial charge in [0.1, 0.15) is 12.4 Å². The van der Waals surface area contributed by atoms with Crippen LogP contribution in [0.1, 0.15) is 24.2 Å².